The van der Waals surface area contributed by atoms with Crippen LogP contribution in [0.3, 0.4) is 0 Å². The summed E-state index contributed by atoms with van der Waals surface area (Å²) in [6.45, 7) is 0. The third-order valence-corrected chi connectivity index (χ3v) is 1.83. The van der Waals surface area contributed by atoms with Crippen LogP contribution >= 0.6 is 0 Å². The summed E-state index contributed by atoms with van der Waals surface area (Å²) >= 11 is 0. The fourth-order valence-corrected chi connectivity index (χ4v) is 1.18. The van der Waals surface area contributed by atoms with Crippen LogP contribution in [-0.4, -0.2) is 15.8 Å². The van der Waals surface area contributed by atoms with Gasteiger partial charge in [0.25, 0.3) is 0 Å². The topological polar surface area (TPSA) is 48.4 Å². The third kappa shape index (κ3) is 1.69. The molecule has 0 aromatic carbocycles. The molecule has 66 valence electrons. The second-order valence-electron chi connectivity index (χ2n) is 2.80. The van der Waals surface area contributed by atoms with Crippen LogP contribution in [0.15, 0.2) is 47.3 Å². The Bertz CT molecular complexity index is 372. The second kappa shape index (κ2) is 3.31. The molecule has 0 unspecified atom stereocenters. The van der Waals surface area contributed by atoms with Gasteiger partial charge in [-0.2, -0.15) is 0 Å². The van der Waals surface area contributed by atoms with E-state index in [-0.39, 0.29) is 5.76 Å². The number of hydrogen-bond donors (Lipinski definition) is 2. The zero-order chi connectivity index (χ0) is 9.10. The average Bonchev–Trinajstić information content (AvgIpc) is 2.61. The number of nitrogens with zero attached hydrogens (tertiary/aromatic N) is 1. The molecule has 1 aromatic heterocycles. The van der Waals surface area contributed by atoms with Crippen molar-refractivity contribution in [3.8, 4) is 0 Å². The highest BCUT2D eigenvalue weighted by Crippen LogP contribution is 2.13. The van der Waals surface area contributed by atoms with E-state index in [0.29, 0.717) is 12.1 Å². The fourth-order valence-electron chi connectivity index (χ4n) is 1.18. The number of aliphatic imine (C=N–C) groups is 1. The number of hydrogen-bond acceptors (Lipinski definition) is 2. The minimum Gasteiger partial charge on any atom is -0.506 e. The largest absolute Gasteiger partial charge is 0.506 e. The molecular weight excluding hydrogens is 164 g/mol. The number of aliphatic hydroxyl groups is 1. The van der Waals surface area contributed by atoms with E-state index in [0.717, 1.165) is 5.82 Å². The van der Waals surface area contributed by atoms with Crippen LogP contribution in [-0.2, 0) is 0 Å². The SMILES string of the molecule is OC1=CC=CCC1=Nc1ccc[nH]1. The molecule has 0 saturated carbocycles. The molecular formula is C10H10N2O. The molecule has 0 fully saturated rings. The molecule has 1 aromatic rings. The highest BCUT2D eigenvalue weighted by molar-refractivity contribution is 6.01. The van der Waals surface area contributed by atoms with Gasteiger partial charge in [0.15, 0.2) is 0 Å². The zero-order valence-corrected chi connectivity index (χ0v) is 7.07. The van der Waals surface area contributed by atoms with Gasteiger partial charge in [-0.25, -0.2) is 4.99 Å². The Morgan fingerprint density at radius 2 is 2.38 bits per heavy atom. The summed E-state index contributed by atoms with van der Waals surface area (Å²) in [6.07, 6.45) is 7.91. The predicted octanol–water partition coefficient (Wildman–Crippen LogP) is 2.49. The van der Waals surface area contributed by atoms with Crippen LogP contribution in [0.2, 0.25) is 0 Å². The lowest BCUT2D eigenvalue weighted by Crippen LogP contribution is -2.03. The molecule has 2 rings (SSSR count). The van der Waals surface area contributed by atoms with Crippen molar-refractivity contribution in [2.45, 2.75) is 6.42 Å². The van der Waals surface area contributed by atoms with Gasteiger partial charge in [-0.15, -0.1) is 0 Å². The first-order valence-electron chi connectivity index (χ1n) is 4.13. The molecule has 0 atom stereocenters. The van der Waals surface area contributed by atoms with Crippen molar-refractivity contribution in [2.75, 3.05) is 0 Å². The lowest BCUT2D eigenvalue weighted by molar-refractivity contribution is 0.441. The van der Waals surface area contributed by atoms with Gasteiger partial charge in [0, 0.05) is 12.6 Å². The molecule has 0 saturated heterocycles. The zero-order valence-electron chi connectivity index (χ0n) is 7.07. The first kappa shape index (κ1) is 7.86. The second-order valence-corrected chi connectivity index (χ2v) is 2.80. The van der Waals surface area contributed by atoms with Gasteiger partial charge in [-0.3, -0.25) is 0 Å². The summed E-state index contributed by atoms with van der Waals surface area (Å²) in [6, 6.07) is 3.73. The van der Waals surface area contributed by atoms with Crippen molar-refractivity contribution in [3.63, 3.8) is 0 Å². The highest BCUT2D eigenvalue weighted by Gasteiger charge is 2.06. The summed E-state index contributed by atoms with van der Waals surface area (Å²) in [5.74, 6) is 1.02. The first-order valence-corrected chi connectivity index (χ1v) is 4.13. The Morgan fingerprint density at radius 3 is 3.08 bits per heavy atom. The minimum atomic E-state index is 0.247. The van der Waals surface area contributed by atoms with Crippen molar-refractivity contribution in [3.05, 3.63) is 42.3 Å². The van der Waals surface area contributed by atoms with E-state index >= 15 is 0 Å². The highest BCUT2D eigenvalue weighted by atomic mass is 16.3. The molecule has 1 aliphatic carbocycles. The van der Waals surface area contributed by atoms with E-state index in [9.17, 15) is 5.11 Å². The number of nitrogens with one attached hydrogen (secondary N) is 1. The Balaban J connectivity index is 2.27. The minimum absolute atomic E-state index is 0.247. The molecule has 3 heteroatoms. The van der Waals surface area contributed by atoms with E-state index in [1.165, 1.54) is 0 Å². The molecule has 0 radical (unpaired) electrons. The lowest BCUT2D eigenvalue weighted by atomic mass is 10.1. The predicted molar refractivity (Wildman–Crippen MR) is 52.4 cm³/mol. The fraction of sp³-hybridized carbons (Fsp3) is 0.100. The van der Waals surface area contributed by atoms with Gasteiger partial charge in [-0.05, 0) is 18.2 Å². The van der Waals surface area contributed by atoms with Crippen LogP contribution in [0.5, 0.6) is 0 Å². The maximum atomic E-state index is 9.43. The molecule has 0 aliphatic heterocycles. The number of H-pyrrole nitrogens is 1. The van der Waals surface area contributed by atoms with E-state index in [1.54, 1.807) is 12.3 Å². The van der Waals surface area contributed by atoms with E-state index in [2.05, 4.69) is 9.98 Å². The van der Waals surface area contributed by atoms with E-state index < -0.39 is 0 Å². The molecule has 13 heavy (non-hydrogen) atoms. The summed E-state index contributed by atoms with van der Waals surface area (Å²) in [4.78, 5) is 7.21. The summed E-state index contributed by atoms with van der Waals surface area (Å²) in [5, 5.41) is 9.43. The van der Waals surface area contributed by atoms with Gasteiger partial charge in [0.2, 0.25) is 0 Å². The van der Waals surface area contributed by atoms with Gasteiger partial charge >= 0.3 is 0 Å². The molecule has 3 nitrogen and oxygen atoms in total. The molecule has 1 aliphatic rings. The van der Waals surface area contributed by atoms with Crippen molar-refractivity contribution in [2.24, 2.45) is 4.99 Å². The van der Waals surface area contributed by atoms with Crippen LogP contribution in [0.1, 0.15) is 6.42 Å². The van der Waals surface area contributed by atoms with Crippen molar-refractivity contribution >= 4 is 11.5 Å². The van der Waals surface area contributed by atoms with E-state index in [1.807, 2.05) is 24.3 Å². The van der Waals surface area contributed by atoms with Gasteiger partial charge in [-0.1, -0.05) is 12.2 Å². The maximum absolute atomic E-state index is 9.43. The smallest absolute Gasteiger partial charge is 0.137 e. The Kier molecular flexibility index (Phi) is 2.00. The molecule has 0 bridgehead atoms. The van der Waals surface area contributed by atoms with Crippen LogP contribution in [0.25, 0.3) is 0 Å². The monoisotopic (exact) mass is 174 g/mol. The molecule has 0 spiro atoms. The maximum Gasteiger partial charge on any atom is 0.137 e. The van der Waals surface area contributed by atoms with Crippen LogP contribution in [0.4, 0.5) is 5.82 Å². The summed E-state index contributed by atoms with van der Waals surface area (Å²) in [7, 11) is 0. The number of allylic oxidation sites excluding steroid dienone is 4. The summed E-state index contributed by atoms with van der Waals surface area (Å²) in [5.41, 5.74) is 0.699. The Hall–Kier alpha value is -1.77. The van der Waals surface area contributed by atoms with Crippen molar-refractivity contribution in [1.29, 1.82) is 0 Å². The Morgan fingerprint density at radius 1 is 1.46 bits per heavy atom. The quantitative estimate of drug-likeness (QED) is 0.675. The molecule has 1 heterocycles. The number of rotatable bonds is 1. The standard InChI is InChI=1S/C10H10N2O/c13-9-5-2-1-4-8(9)12-10-6-3-7-11-10/h1-3,5-7,11,13H,4H2. The lowest BCUT2D eigenvalue weighted by Gasteiger charge is -2.04. The molecule has 2 N–H and O–H groups in total. The van der Waals surface area contributed by atoms with Gasteiger partial charge in [0.05, 0.1) is 5.71 Å². The van der Waals surface area contributed by atoms with Crippen LogP contribution in [0, 0.1) is 0 Å². The normalized spacial score (nSPS) is 19.1. The van der Waals surface area contributed by atoms with Crippen molar-refractivity contribution in [1.82, 2.24) is 4.98 Å². The van der Waals surface area contributed by atoms with Gasteiger partial charge in [0.1, 0.15) is 11.6 Å². The number of aromatic amines is 1. The van der Waals surface area contributed by atoms with Crippen LogP contribution < -0.4 is 0 Å². The number of aliphatic hydroxyl groups excluding tert-OH is 1. The van der Waals surface area contributed by atoms with E-state index in [4.69, 9.17) is 0 Å². The molecule has 0 amide bonds. The Labute approximate surface area is 76.1 Å². The van der Waals surface area contributed by atoms with Gasteiger partial charge < -0.3 is 10.1 Å². The average molecular weight is 174 g/mol. The van der Waals surface area contributed by atoms with Crippen molar-refractivity contribution < 1.29 is 5.11 Å². The number of aromatic nitrogens is 1. The third-order valence-electron chi connectivity index (χ3n) is 1.83. The summed E-state index contributed by atoms with van der Waals surface area (Å²) < 4.78 is 0. The first-order chi connectivity index (χ1) is 6.36.